The highest BCUT2D eigenvalue weighted by Gasteiger charge is 2.20. The van der Waals surface area contributed by atoms with Crippen molar-refractivity contribution in [1.82, 2.24) is 14.9 Å². The van der Waals surface area contributed by atoms with E-state index < -0.39 is 0 Å². The minimum atomic E-state index is 0.934. The van der Waals surface area contributed by atoms with Gasteiger partial charge in [0.25, 0.3) is 0 Å². The van der Waals surface area contributed by atoms with Crippen LogP contribution in [0.5, 0.6) is 0 Å². The fourth-order valence-electron chi connectivity index (χ4n) is 2.62. The zero-order valence-corrected chi connectivity index (χ0v) is 10.2. The van der Waals surface area contributed by atoms with Crippen LogP contribution in [0.4, 0.5) is 0 Å². The predicted molar refractivity (Wildman–Crippen MR) is 66.2 cm³/mol. The second kappa shape index (κ2) is 6.04. The summed E-state index contributed by atoms with van der Waals surface area (Å²) in [5.74, 6) is 1.89. The highest BCUT2D eigenvalue weighted by molar-refractivity contribution is 4.75. The van der Waals surface area contributed by atoms with E-state index in [1.807, 2.05) is 18.7 Å². The van der Waals surface area contributed by atoms with Crippen LogP contribution in [0, 0.1) is 11.8 Å². The molecule has 1 heterocycles. The summed E-state index contributed by atoms with van der Waals surface area (Å²) >= 11 is 0. The second-order valence-corrected chi connectivity index (χ2v) is 5.14. The minimum absolute atomic E-state index is 0.934. The minimum Gasteiger partial charge on any atom is -0.337 e. The molecule has 1 N–H and O–H groups in total. The fraction of sp³-hybridized carbons (Fsp3) is 0.769. The van der Waals surface area contributed by atoms with Crippen molar-refractivity contribution in [3.8, 4) is 0 Å². The fourth-order valence-corrected chi connectivity index (χ4v) is 2.62. The van der Waals surface area contributed by atoms with Gasteiger partial charge in [-0.25, -0.2) is 4.98 Å². The van der Waals surface area contributed by atoms with Gasteiger partial charge in [-0.3, -0.25) is 0 Å². The largest absolute Gasteiger partial charge is 0.337 e. The molecule has 3 nitrogen and oxygen atoms in total. The van der Waals surface area contributed by atoms with E-state index in [-0.39, 0.29) is 0 Å². The normalized spacial score (nSPS) is 25.1. The molecule has 2 atom stereocenters. The summed E-state index contributed by atoms with van der Waals surface area (Å²) in [5.41, 5.74) is 0. The first-order chi connectivity index (χ1) is 7.84. The van der Waals surface area contributed by atoms with Gasteiger partial charge in [0.1, 0.15) is 0 Å². The van der Waals surface area contributed by atoms with Crippen LogP contribution in [-0.4, -0.2) is 22.6 Å². The molecule has 1 aliphatic carbocycles. The molecule has 0 saturated heterocycles. The summed E-state index contributed by atoms with van der Waals surface area (Å²) in [6.45, 7) is 5.80. The summed E-state index contributed by atoms with van der Waals surface area (Å²) in [5, 5.41) is 3.58. The maximum Gasteiger partial charge on any atom is 0.0945 e. The van der Waals surface area contributed by atoms with E-state index >= 15 is 0 Å². The van der Waals surface area contributed by atoms with Crippen LogP contribution in [0.25, 0.3) is 0 Å². The zero-order chi connectivity index (χ0) is 11.2. The van der Waals surface area contributed by atoms with Crippen molar-refractivity contribution in [3.63, 3.8) is 0 Å². The SMILES string of the molecule is CC1CCC(CNCCCn2ccnc2)C1. The summed E-state index contributed by atoms with van der Waals surface area (Å²) in [6.07, 6.45) is 11.2. The van der Waals surface area contributed by atoms with Crippen LogP contribution in [0.15, 0.2) is 18.7 Å². The van der Waals surface area contributed by atoms with Crippen LogP contribution in [0.1, 0.15) is 32.6 Å². The first kappa shape index (κ1) is 11.6. The highest BCUT2D eigenvalue weighted by atomic mass is 15.0. The van der Waals surface area contributed by atoms with Gasteiger partial charge in [-0.05, 0) is 44.2 Å². The van der Waals surface area contributed by atoms with E-state index in [2.05, 4.69) is 21.8 Å². The Hall–Kier alpha value is -0.830. The molecule has 1 aromatic rings. The topological polar surface area (TPSA) is 29.9 Å². The third-order valence-electron chi connectivity index (χ3n) is 3.57. The van der Waals surface area contributed by atoms with Gasteiger partial charge in [0.05, 0.1) is 6.33 Å². The van der Waals surface area contributed by atoms with Crippen molar-refractivity contribution in [1.29, 1.82) is 0 Å². The molecular weight excluding hydrogens is 198 g/mol. The Morgan fingerprint density at radius 2 is 2.38 bits per heavy atom. The predicted octanol–water partition coefficient (Wildman–Crippen LogP) is 2.30. The van der Waals surface area contributed by atoms with Gasteiger partial charge in [-0.15, -0.1) is 0 Å². The number of nitrogens with zero attached hydrogens (tertiary/aromatic N) is 2. The summed E-state index contributed by atoms with van der Waals surface area (Å²) in [6, 6.07) is 0. The molecule has 16 heavy (non-hydrogen) atoms. The lowest BCUT2D eigenvalue weighted by Crippen LogP contribution is -2.23. The van der Waals surface area contributed by atoms with Gasteiger partial charge in [-0.2, -0.15) is 0 Å². The van der Waals surface area contributed by atoms with Gasteiger partial charge in [0.15, 0.2) is 0 Å². The van der Waals surface area contributed by atoms with E-state index in [0.29, 0.717) is 0 Å². The molecule has 1 fully saturated rings. The first-order valence-electron chi connectivity index (χ1n) is 6.51. The first-order valence-corrected chi connectivity index (χ1v) is 6.51. The van der Waals surface area contributed by atoms with Gasteiger partial charge in [0, 0.05) is 18.9 Å². The van der Waals surface area contributed by atoms with E-state index in [1.54, 1.807) is 0 Å². The second-order valence-electron chi connectivity index (χ2n) is 5.14. The summed E-state index contributed by atoms with van der Waals surface area (Å²) < 4.78 is 2.14. The molecule has 1 aromatic heterocycles. The Balaban J connectivity index is 1.49. The van der Waals surface area contributed by atoms with E-state index in [0.717, 1.165) is 24.9 Å². The monoisotopic (exact) mass is 221 g/mol. The van der Waals surface area contributed by atoms with Crippen LogP contribution in [0.3, 0.4) is 0 Å². The van der Waals surface area contributed by atoms with Crippen molar-refractivity contribution >= 4 is 0 Å². The number of hydrogen-bond acceptors (Lipinski definition) is 2. The van der Waals surface area contributed by atoms with Crippen molar-refractivity contribution < 1.29 is 0 Å². The average molecular weight is 221 g/mol. The molecule has 0 spiro atoms. The Morgan fingerprint density at radius 1 is 1.44 bits per heavy atom. The maximum absolute atomic E-state index is 4.03. The van der Waals surface area contributed by atoms with Crippen molar-refractivity contribution in [2.45, 2.75) is 39.2 Å². The molecule has 2 rings (SSSR count). The molecule has 0 aromatic carbocycles. The van der Waals surface area contributed by atoms with Gasteiger partial charge in [0.2, 0.25) is 0 Å². The standard InChI is InChI=1S/C13H23N3/c1-12-3-4-13(9-12)10-14-5-2-7-16-8-6-15-11-16/h6,8,11-14H,2-5,7,9-10H2,1H3. The Morgan fingerprint density at radius 3 is 3.06 bits per heavy atom. The Kier molecular flexibility index (Phi) is 4.40. The third kappa shape index (κ3) is 3.63. The van der Waals surface area contributed by atoms with E-state index in [1.165, 1.54) is 32.2 Å². The third-order valence-corrected chi connectivity index (χ3v) is 3.57. The lowest BCUT2D eigenvalue weighted by atomic mass is 10.1. The molecule has 1 saturated carbocycles. The summed E-state index contributed by atoms with van der Waals surface area (Å²) in [7, 11) is 0. The maximum atomic E-state index is 4.03. The molecule has 2 unspecified atom stereocenters. The van der Waals surface area contributed by atoms with Gasteiger partial charge < -0.3 is 9.88 Å². The van der Waals surface area contributed by atoms with Crippen LogP contribution in [-0.2, 0) is 6.54 Å². The highest BCUT2D eigenvalue weighted by Crippen LogP contribution is 2.29. The molecule has 0 radical (unpaired) electrons. The van der Waals surface area contributed by atoms with Crippen LogP contribution in [0.2, 0.25) is 0 Å². The Bertz CT molecular complexity index is 281. The van der Waals surface area contributed by atoms with Crippen LogP contribution < -0.4 is 5.32 Å². The molecule has 90 valence electrons. The van der Waals surface area contributed by atoms with Crippen molar-refractivity contribution in [3.05, 3.63) is 18.7 Å². The number of hydrogen-bond donors (Lipinski definition) is 1. The quantitative estimate of drug-likeness (QED) is 0.747. The molecule has 0 amide bonds. The summed E-state index contributed by atoms with van der Waals surface area (Å²) in [4.78, 5) is 4.03. The van der Waals surface area contributed by atoms with Crippen LogP contribution >= 0.6 is 0 Å². The Labute approximate surface area is 98.3 Å². The van der Waals surface area contributed by atoms with Gasteiger partial charge in [-0.1, -0.05) is 13.3 Å². The molecule has 3 heteroatoms. The molecule has 0 bridgehead atoms. The van der Waals surface area contributed by atoms with Crippen molar-refractivity contribution in [2.75, 3.05) is 13.1 Å². The number of nitrogens with one attached hydrogen (secondary N) is 1. The van der Waals surface area contributed by atoms with E-state index in [9.17, 15) is 0 Å². The number of imidazole rings is 1. The van der Waals surface area contributed by atoms with Crippen molar-refractivity contribution in [2.24, 2.45) is 11.8 Å². The number of rotatable bonds is 6. The number of aryl methyl sites for hydroxylation is 1. The molecule has 1 aliphatic rings. The number of aromatic nitrogens is 2. The zero-order valence-electron chi connectivity index (χ0n) is 10.2. The molecular formula is C13H23N3. The smallest absolute Gasteiger partial charge is 0.0945 e. The van der Waals surface area contributed by atoms with Gasteiger partial charge >= 0.3 is 0 Å². The molecule has 0 aliphatic heterocycles. The van der Waals surface area contributed by atoms with E-state index in [4.69, 9.17) is 0 Å². The lowest BCUT2D eigenvalue weighted by molar-refractivity contribution is 0.461. The average Bonchev–Trinajstić information content (AvgIpc) is 2.89. The lowest BCUT2D eigenvalue weighted by Gasteiger charge is -2.11.